The number of ether oxygens (including phenoxy) is 1. The second kappa shape index (κ2) is 6.04. The third kappa shape index (κ3) is 3.25. The Hall–Kier alpha value is -1.58. The molecule has 1 N–H and O–H groups in total. The zero-order valence-corrected chi connectivity index (χ0v) is 11.1. The zero-order valence-electron chi connectivity index (χ0n) is 11.1. The predicted octanol–water partition coefficient (Wildman–Crippen LogP) is 3.27. The minimum atomic E-state index is -0.723. The van der Waals surface area contributed by atoms with Gasteiger partial charge in [-0.25, -0.2) is 4.39 Å². The molecule has 2 unspecified atom stereocenters. The number of aliphatic carboxylic acids is 1. The lowest BCUT2D eigenvalue weighted by Gasteiger charge is -2.28. The fourth-order valence-electron chi connectivity index (χ4n) is 2.92. The van der Waals surface area contributed by atoms with E-state index in [0.29, 0.717) is 6.42 Å². The Bertz CT molecular complexity index is 459. The van der Waals surface area contributed by atoms with E-state index in [0.717, 1.165) is 31.2 Å². The molecule has 0 heterocycles. The van der Waals surface area contributed by atoms with Crippen LogP contribution in [0.5, 0.6) is 5.75 Å². The van der Waals surface area contributed by atoms with E-state index in [2.05, 4.69) is 0 Å². The summed E-state index contributed by atoms with van der Waals surface area (Å²) < 4.78 is 18.5. The van der Waals surface area contributed by atoms with Crippen molar-refractivity contribution in [2.24, 2.45) is 11.8 Å². The van der Waals surface area contributed by atoms with Crippen molar-refractivity contribution in [2.45, 2.75) is 32.1 Å². The molecule has 0 aromatic heterocycles. The van der Waals surface area contributed by atoms with Gasteiger partial charge in [0.25, 0.3) is 0 Å². The van der Waals surface area contributed by atoms with Gasteiger partial charge < -0.3 is 9.84 Å². The fraction of sp³-hybridized carbons (Fsp3) is 0.533. The molecule has 3 nitrogen and oxygen atoms in total. The summed E-state index contributed by atoms with van der Waals surface area (Å²) in [4.78, 5) is 11.2. The monoisotopic (exact) mass is 266 g/mol. The molecule has 1 aromatic rings. The van der Waals surface area contributed by atoms with Gasteiger partial charge in [0.05, 0.1) is 13.0 Å². The third-order valence-electron chi connectivity index (χ3n) is 3.94. The highest BCUT2D eigenvalue weighted by Crippen LogP contribution is 2.33. The summed E-state index contributed by atoms with van der Waals surface area (Å²) in [5, 5.41) is 9.23. The first-order chi connectivity index (χ1) is 9.11. The van der Waals surface area contributed by atoms with Crippen LogP contribution in [0.2, 0.25) is 0 Å². The molecule has 1 fully saturated rings. The zero-order chi connectivity index (χ0) is 13.8. The molecule has 0 spiro atoms. The van der Waals surface area contributed by atoms with Crippen LogP contribution in [0.25, 0.3) is 0 Å². The van der Waals surface area contributed by atoms with E-state index in [-0.39, 0.29) is 23.4 Å². The Morgan fingerprint density at radius 3 is 2.79 bits per heavy atom. The molecule has 1 aliphatic carbocycles. The molecule has 1 aromatic carbocycles. The smallest absolute Gasteiger partial charge is 0.306 e. The van der Waals surface area contributed by atoms with E-state index in [9.17, 15) is 14.3 Å². The van der Waals surface area contributed by atoms with Crippen molar-refractivity contribution < 1.29 is 19.0 Å². The summed E-state index contributed by atoms with van der Waals surface area (Å²) in [5.41, 5.74) is 0.844. The summed E-state index contributed by atoms with van der Waals surface area (Å²) in [6.45, 7) is 0. The van der Waals surface area contributed by atoms with Gasteiger partial charge in [-0.05, 0) is 42.9 Å². The first-order valence-corrected chi connectivity index (χ1v) is 6.67. The van der Waals surface area contributed by atoms with Crippen LogP contribution in [0.3, 0.4) is 0 Å². The predicted molar refractivity (Wildman–Crippen MR) is 69.7 cm³/mol. The van der Waals surface area contributed by atoms with Gasteiger partial charge in [-0.1, -0.05) is 18.9 Å². The molecular weight excluding hydrogens is 247 g/mol. The molecule has 2 rings (SSSR count). The quantitative estimate of drug-likeness (QED) is 0.909. The Balaban J connectivity index is 2.10. The molecular formula is C15H19FO3. The average molecular weight is 266 g/mol. The maximum Gasteiger partial charge on any atom is 0.306 e. The highest BCUT2D eigenvalue weighted by molar-refractivity contribution is 5.70. The normalized spacial score (nSPS) is 23.1. The number of carbonyl (C=O) groups is 1. The molecule has 0 aliphatic heterocycles. The average Bonchev–Trinajstić information content (AvgIpc) is 2.39. The highest BCUT2D eigenvalue weighted by atomic mass is 19.1. The number of hydrogen-bond donors (Lipinski definition) is 1. The molecule has 0 saturated heterocycles. The lowest BCUT2D eigenvalue weighted by atomic mass is 9.76. The van der Waals surface area contributed by atoms with Crippen molar-refractivity contribution in [1.82, 2.24) is 0 Å². The minimum absolute atomic E-state index is 0.110. The van der Waals surface area contributed by atoms with Crippen molar-refractivity contribution in [3.63, 3.8) is 0 Å². The number of benzene rings is 1. The van der Waals surface area contributed by atoms with Gasteiger partial charge in [-0.2, -0.15) is 0 Å². The largest absolute Gasteiger partial charge is 0.494 e. The second-order valence-corrected chi connectivity index (χ2v) is 5.16. The second-order valence-electron chi connectivity index (χ2n) is 5.16. The summed E-state index contributed by atoms with van der Waals surface area (Å²) in [7, 11) is 1.43. The molecule has 0 radical (unpaired) electrons. The van der Waals surface area contributed by atoms with Gasteiger partial charge in [0.2, 0.25) is 0 Å². The van der Waals surface area contributed by atoms with Gasteiger partial charge in [0.15, 0.2) is 11.6 Å². The lowest BCUT2D eigenvalue weighted by Crippen LogP contribution is -2.28. The van der Waals surface area contributed by atoms with Crippen LogP contribution >= 0.6 is 0 Å². The van der Waals surface area contributed by atoms with Gasteiger partial charge in [0.1, 0.15) is 0 Å². The van der Waals surface area contributed by atoms with E-state index in [1.807, 2.05) is 6.07 Å². The third-order valence-corrected chi connectivity index (χ3v) is 3.94. The number of halogens is 1. The van der Waals surface area contributed by atoms with E-state index in [1.54, 1.807) is 6.07 Å². The first-order valence-electron chi connectivity index (χ1n) is 6.67. The van der Waals surface area contributed by atoms with Crippen LogP contribution in [-0.4, -0.2) is 18.2 Å². The lowest BCUT2D eigenvalue weighted by molar-refractivity contribution is -0.144. The van der Waals surface area contributed by atoms with Gasteiger partial charge in [-0.3, -0.25) is 4.79 Å². The van der Waals surface area contributed by atoms with Crippen LogP contribution in [-0.2, 0) is 11.2 Å². The standard InChI is InChI=1S/C15H19FO3/c1-19-14-7-6-10(9-13(14)16)8-11-4-2-3-5-12(11)15(17)18/h6-7,9,11-12H,2-5,8H2,1H3,(H,17,18). The van der Waals surface area contributed by atoms with Crippen molar-refractivity contribution in [3.05, 3.63) is 29.6 Å². The molecule has 1 aliphatic rings. The summed E-state index contributed by atoms with van der Waals surface area (Å²) in [5.74, 6) is -1.07. The summed E-state index contributed by atoms with van der Waals surface area (Å²) in [6.07, 6.45) is 4.30. The van der Waals surface area contributed by atoms with Crippen LogP contribution < -0.4 is 4.74 Å². The molecule has 0 amide bonds. The summed E-state index contributed by atoms with van der Waals surface area (Å²) >= 11 is 0. The Kier molecular flexibility index (Phi) is 4.40. The SMILES string of the molecule is COc1ccc(CC2CCCCC2C(=O)O)cc1F. The molecule has 1 saturated carbocycles. The van der Waals surface area contributed by atoms with Crippen LogP contribution in [0.1, 0.15) is 31.2 Å². The minimum Gasteiger partial charge on any atom is -0.494 e. The van der Waals surface area contributed by atoms with Crippen molar-refractivity contribution >= 4 is 5.97 Å². The van der Waals surface area contributed by atoms with Gasteiger partial charge >= 0.3 is 5.97 Å². The van der Waals surface area contributed by atoms with E-state index < -0.39 is 5.97 Å². The van der Waals surface area contributed by atoms with Crippen LogP contribution in [0, 0.1) is 17.7 Å². The molecule has 4 heteroatoms. The van der Waals surface area contributed by atoms with Crippen molar-refractivity contribution in [3.8, 4) is 5.75 Å². The number of hydrogen-bond acceptors (Lipinski definition) is 2. The topological polar surface area (TPSA) is 46.5 Å². The van der Waals surface area contributed by atoms with Crippen molar-refractivity contribution in [2.75, 3.05) is 7.11 Å². The Morgan fingerprint density at radius 2 is 2.16 bits per heavy atom. The van der Waals surface area contributed by atoms with Gasteiger partial charge in [-0.15, -0.1) is 0 Å². The molecule has 0 bridgehead atoms. The van der Waals surface area contributed by atoms with Gasteiger partial charge in [0, 0.05) is 0 Å². The van der Waals surface area contributed by atoms with E-state index >= 15 is 0 Å². The maximum atomic E-state index is 13.6. The molecule has 19 heavy (non-hydrogen) atoms. The summed E-state index contributed by atoms with van der Waals surface area (Å²) in [6, 6.07) is 4.87. The number of carboxylic acid groups (broad SMARTS) is 1. The Morgan fingerprint density at radius 1 is 1.42 bits per heavy atom. The van der Waals surface area contributed by atoms with E-state index in [1.165, 1.54) is 13.2 Å². The van der Waals surface area contributed by atoms with Crippen molar-refractivity contribution in [1.29, 1.82) is 0 Å². The molecule has 104 valence electrons. The highest BCUT2D eigenvalue weighted by Gasteiger charge is 2.30. The Labute approximate surface area is 112 Å². The van der Waals surface area contributed by atoms with Crippen LogP contribution in [0.4, 0.5) is 4.39 Å². The molecule has 2 atom stereocenters. The number of rotatable bonds is 4. The number of carboxylic acids is 1. The first kappa shape index (κ1) is 13.8. The maximum absolute atomic E-state index is 13.6. The van der Waals surface area contributed by atoms with Crippen LogP contribution in [0.15, 0.2) is 18.2 Å². The fourth-order valence-corrected chi connectivity index (χ4v) is 2.92. The number of methoxy groups -OCH3 is 1. The van der Waals surface area contributed by atoms with E-state index in [4.69, 9.17) is 4.74 Å².